The van der Waals surface area contributed by atoms with Gasteiger partial charge in [-0.2, -0.15) is 4.98 Å². The van der Waals surface area contributed by atoms with Crippen molar-refractivity contribution in [3.63, 3.8) is 0 Å². The number of nitrogens with zero attached hydrogens (tertiary/aromatic N) is 4. The van der Waals surface area contributed by atoms with Crippen molar-refractivity contribution in [2.24, 2.45) is 0 Å². The molecule has 0 saturated heterocycles. The maximum absolute atomic E-state index is 12.9. The topological polar surface area (TPSA) is 81.4 Å². The molecule has 1 atom stereocenters. The third-order valence-electron chi connectivity index (χ3n) is 5.36. The summed E-state index contributed by atoms with van der Waals surface area (Å²) in [5, 5.41) is 4.05. The first-order chi connectivity index (χ1) is 14.7. The lowest BCUT2D eigenvalue weighted by molar-refractivity contribution is -0.134. The molecule has 1 unspecified atom stereocenters. The molecule has 1 aromatic carbocycles. The summed E-state index contributed by atoms with van der Waals surface area (Å²) in [6, 6.07) is 13.7. The van der Waals surface area contributed by atoms with E-state index >= 15 is 0 Å². The van der Waals surface area contributed by atoms with Crippen LogP contribution in [0.15, 0.2) is 53.2 Å². The molecule has 7 heteroatoms. The molecule has 0 radical (unpaired) electrons. The summed E-state index contributed by atoms with van der Waals surface area (Å²) in [5.74, 6) is 2.03. The molecule has 3 aromatic rings. The van der Waals surface area contributed by atoms with Gasteiger partial charge in [-0.3, -0.25) is 9.78 Å². The number of hydrogen-bond acceptors (Lipinski definition) is 6. The minimum Gasteiger partial charge on any atom is -0.497 e. The van der Waals surface area contributed by atoms with Crippen molar-refractivity contribution < 1.29 is 14.1 Å². The van der Waals surface area contributed by atoms with Crippen LogP contribution in [-0.4, -0.2) is 39.1 Å². The van der Waals surface area contributed by atoms with Crippen LogP contribution in [0.3, 0.4) is 0 Å². The van der Waals surface area contributed by atoms with E-state index in [1.54, 1.807) is 13.3 Å². The van der Waals surface area contributed by atoms with Crippen LogP contribution in [0.2, 0.25) is 0 Å². The number of hydrogen-bond donors (Lipinski definition) is 0. The van der Waals surface area contributed by atoms with Crippen molar-refractivity contribution in [2.45, 2.75) is 51.1 Å². The molecule has 30 heavy (non-hydrogen) atoms. The zero-order chi connectivity index (χ0) is 20.9. The molecule has 1 aliphatic rings. The highest BCUT2D eigenvalue weighted by Gasteiger charge is 2.36. The summed E-state index contributed by atoms with van der Waals surface area (Å²) in [4.78, 5) is 23.8. The summed E-state index contributed by atoms with van der Waals surface area (Å²) in [5.41, 5.74) is 1.80. The van der Waals surface area contributed by atoms with Crippen molar-refractivity contribution in [1.82, 2.24) is 20.0 Å². The molecule has 156 valence electrons. The average molecular weight is 406 g/mol. The van der Waals surface area contributed by atoms with E-state index in [4.69, 9.17) is 9.26 Å². The maximum atomic E-state index is 12.9. The molecular formula is C23H26N4O3. The monoisotopic (exact) mass is 406 g/mol. The summed E-state index contributed by atoms with van der Waals surface area (Å²) < 4.78 is 10.5. The molecule has 1 saturated carbocycles. The number of amides is 1. The van der Waals surface area contributed by atoms with Gasteiger partial charge in [0.25, 0.3) is 0 Å². The van der Waals surface area contributed by atoms with Crippen LogP contribution in [0, 0.1) is 0 Å². The standard InChI is InChI=1S/C23H26N4O3/c1-16(20-6-3-4-15-24-20)27(18-11-12-18)22(28)8-5-7-21-25-23(26-30-21)17-9-13-19(29-2)14-10-17/h3-4,6,9-10,13-16,18H,5,7-8,11-12H2,1-2H3. The van der Waals surface area contributed by atoms with Gasteiger partial charge in [0, 0.05) is 30.6 Å². The van der Waals surface area contributed by atoms with Crippen molar-refractivity contribution >= 4 is 5.91 Å². The molecule has 1 amide bonds. The second-order valence-electron chi connectivity index (χ2n) is 7.56. The van der Waals surface area contributed by atoms with E-state index in [1.165, 1.54) is 0 Å². The summed E-state index contributed by atoms with van der Waals surface area (Å²) >= 11 is 0. The van der Waals surface area contributed by atoms with Gasteiger partial charge in [0.15, 0.2) is 0 Å². The van der Waals surface area contributed by atoms with Crippen molar-refractivity contribution in [2.75, 3.05) is 7.11 Å². The SMILES string of the molecule is COc1ccc(-c2noc(CCCC(=O)N(C3CC3)C(C)c3ccccn3)n2)cc1. The lowest BCUT2D eigenvalue weighted by Crippen LogP contribution is -2.35. The van der Waals surface area contributed by atoms with Gasteiger partial charge in [0.2, 0.25) is 17.6 Å². The lowest BCUT2D eigenvalue weighted by Gasteiger charge is -2.29. The lowest BCUT2D eigenvalue weighted by atomic mass is 10.1. The van der Waals surface area contributed by atoms with E-state index in [9.17, 15) is 4.79 Å². The van der Waals surface area contributed by atoms with E-state index in [2.05, 4.69) is 22.0 Å². The molecule has 2 heterocycles. The fourth-order valence-corrected chi connectivity index (χ4v) is 3.59. The third-order valence-corrected chi connectivity index (χ3v) is 5.36. The Balaban J connectivity index is 1.33. The van der Waals surface area contributed by atoms with E-state index < -0.39 is 0 Å². The van der Waals surface area contributed by atoms with Gasteiger partial charge in [-0.05, 0) is 62.6 Å². The average Bonchev–Trinajstić information content (AvgIpc) is 3.50. The van der Waals surface area contributed by atoms with Crippen LogP contribution in [0.4, 0.5) is 0 Å². The fourth-order valence-electron chi connectivity index (χ4n) is 3.59. The second kappa shape index (κ2) is 9.07. The van der Waals surface area contributed by atoms with Crippen LogP contribution in [0.25, 0.3) is 11.4 Å². The van der Waals surface area contributed by atoms with Crippen LogP contribution >= 0.6 is 0 Å². The van der Waals surface area contributed by atoms with Crippen LogP contribution in [-0.2, 0) is 11.2 Å². The molecule has 7 nitrogen and oxygen atoms in total. The van der Waals surface area contributed by atoms with Gasteiger partial charge in [-0.15, -0.1) is 0 Å². The van der Waals surface area contributed by atoms with Gasteiger partial charge in [0.05, 0.1) is 18.8 Å². The van der Waals surface area contributed by atoms with E-state index in [0.717, 1.165) is 29.8 Å². The Hall–Kier alpha value is -3.22. The highest BCUT2D eigenvalue weighted by Crippen LogP contribution is 2.34. The predicted octanol–water partition coefficient (Wildman–Crippen LogP) is 4.22. The molecule has 0 spiro atoms. The molecule has 1 aliphatic carbocycles. The van der Waals surface area contributed by atoms with Crippen molar-refractivity contribution in [1.29, 1.82) is 0 Å². The Morgan fingerprint density at radius 1 is 1.23 bits per heavy atom. The molecular weight excluding hydrogens is 380 g/mol. The zero-order valence-corrected chi connectivity index (χ0v) is 17.3. The van der Waals surface area contributed by atoms with Gasteiger partial charge in [0.1, 0.15) is 5.75 Å². The number of carbonyl (C=O) groups excluding carboxylic acids is 1. The Labute approximate surface area is 176 Å². The van der Waals surface area contributed by atoms with Gasteiger partial charge >= 0.3 is 0 Å². The van der Waals surface area contributed by atoms with Crippen LogP contribution in [0.1, 0.15) is 50.2 Å². The highest BCUT2D eigenvalue weighted by atomic mass is 16.5. The van der Waals surface area contributed by atoms with E-state index in [1.807, 2.05) is 47.4 Å². The predicted molar refractivity (Wildman–Crippen MR) is 112 cm³/mol. The minimum atomic E-state index is -0.0173. The Kier molecular flexibility index (Phi) is 6.07. The third kappa shape index (κ3) is 4.67. The minimum absolute atomic E-state index is 0.0173. The number of aryl methyl sites for hydroxylation is 1. The highest BCUT2D eigenvalue weighted by molar-refractivity contribution is 5.77. The number of benzene rings is 1. The number of methoxy groups -OCH3 is 1. The van der Waals surface area contributed by atoms with Crippen molar-refractivity contribution in [3.8, 4) is 17.1 Å². The molecule has 0 aliphatic heterocycles. The quantitative estimate of drug-likeness (QED) is 0.529. The van der Waals surface area contributed by atoms with Gasteiger partial charge < -0.3 is 14.2 Å². The first-order valence-corrected chi connectivity index (χ1v) is 10.3. The Morgan fingerprint density at radius 3 is 2.70 bits per heavy atom. The smallest absolute Gasteiger partial charge is 0.226 e. The second-order valence-corrected chi connectivity index (χ2v) is 7.56. The Morgan fingerprint density at radius 2 is 2.03 bits per heavy atom. The summed E-state index contributed by atoms with van der Waals surface area (Å²) in [6.45, 7) is 2.05. The van der Waals surface area contributed by atoms with Crippen LogP contribution < -0.4 is 4.74 Å². The maximum Gasteiger partial charge on any atom is 0.226 e. The Bertz CT molecular complexity index is 968. The molecule has 0 bridgehead atoms. The number of aromatic nitrogens is 3. The molecule has 4 rings (SSSR count). The normalized spacial score (nSPS) is 14.3. The fraction of sp³-hybridized carbons (Fsp3) is 0.391. The van der Waals surface area contributed by atoms with Crippen molar-refractivity contribution in [3.05, 3.63) is 60.2 Å². The van der Waals surface area contributed by atoms with E-state index in [0.29, 0.717) is 37.0 Å². The number of ether oxygens (including phenoxy) is 1. The molecule has 2 aromatic heterocycles. The van der Waals surface area contributed by atoms with Crippen LogP contribution in [0.5, 0.6) is 5.75 Å². The number of carbonyl (C=O) groups is 1. The first kappa shape index (κ1) is 20.1. The number of pyridine rings is 1. The zero-order valence-electron chi connectivity index (χ0n) is 17.3. The molecule has 1 fully saturated rings. The van der Waals surface area contributed by atoms with E-state index in [-0.39, 0.29) is 11.9 Å². The molecule has 0 N–H and O–H groups in total. The summed E-state index contributed by atoms with van der Waals surface area (Å²) in [7, 11) is 1.63. The largest absolute Gasteiger partial charge is 0.497 e. The number of rotatable bonds is 9. The first-order valence-electron chi connectivity index (χ1n) is 10.3. The summed E-state index contributed by atoms with van der Waals surface area (Å²) in [6.07, 6.45) is 5.60. The van der Waals surface area contributed by atoms with Gasteiger partial charge in [-0.1, -0.05) is 11.2 Å². The van der Waals surface area contributed by atoms with Gasteiger partial charge in [-0.25, -0.2) is 0 Å².